The molecule has 1 unspecified atom stereocenters. The lowest BCUT2D eigenvalue weighted by Gasteiger charge is -2.31. The molecule has 1 fully saturated rings. The second-order valence-electron chi connectivity index (χ2n) is 5.23. The lowest BCUT2D eigenvalue weighted by molar-refractivity contribution is 0.261. The van der Waals surface area contributed by atoms with Gasteiger partial charge in [-0.1, -0.05) is 12.1 Å². The molecule has 2 heterocycles. The van der Waals surface area contributed by atoms with Gasteiger partial charge in [-0.25, -0.2) is 4.98 Å². The molecular weight excluding hydrogens is 236 g/mol. The third-order valence-corrected chi connectivity index (χ3v) is 3.67. The summed E-state index contributed by atoms with van der Waals surface area (Å²) in [5.74, 6) is 0. The molecule has 1 aromatic carbocycles. The first-order chi connectivity index (χ1) is 9.33. The highest BCUT2D eigenvalue weighted by Crippen LogP contribution is 2.22. The highest BCUT2D eigenvalue weighted by molar-refractivity contribution is 5.61. The average molecular weight is 256 g/mol. The number of hydrogen-bond acceptors (Lipinski definition) is 3. The number of nitrogens with zero attached hydrogens (tertiary/aromatic N) is 3. The molecule has 1 N–H and O–H groups in total. The summed E-state index contributed by atoms with van der Waals surface area (Å²) in [6.07, 6.45) is 8.14. The van der Waals surface area contributed by atoms with E-state index >= 15 is 0 Å². The summed E-state index contributed by atoms with van der Waals surface area (Å²) in [5.41, 5.74) is 2.34. The minimum absolute atomic E-state index is 0.531. The first kappa shape index (κ1) is 12.2. The summed E-state index contributed by atoms with van der Waals surface area (Å²) in [5, 5.41) is 3.68. The summed E-state index contributed by atoms with van der Waals surface area (Å²) in [6.45, 7) is 2.32. The first-order valence-corrected chi connectivity index (χ1v) is 6.85. The van der Waals surface area contributed by atoms with E-state index in [1.165, 1.54) is 25.1 Å². The second-order valence-corrected chi connectivity index (χ2v) is 5.23. The fraction of sp³-hybridized carbons (Fsp3) is 0.400. The van der Waals surface area contributed by atoms with Crippen molar-refractivity contribution in [3.05, 3.63) is 43.0 Å². The van der Waals surface area contributed by atoms with Gasteiger partial charge in [-0.15, -0.1) is 0 Å². The average Bonchev–Trinajstić information content (AvgIpc) is 2.93. The molecule has 0 aliphatic carbocycles. The summed E-state index contributed by atoms with van der Waals surface area (Å²) >= 11 is 0. The van der Waals surface area contributed by atoms with Gasteiger partial charge in [0, 0.05) is 25.0 Å². The molecule has 1 saturated heterocycles. The van der Waals surface area contributed by atoms with Crippen LogP contribution < -0.4 is 5.32 Å². The summed E-state index contributed by atoms with van der Waals surface area (Å²) in [6, 6.07) is 8.94. The zero-order valence-electron chi connectivity index (χ0n) is 11.3. The molecular formula is C15H20N4. The van der Waals surface area contributed by atoms with E-state index in [0.29, 0.717) is 6.04 Å². The van der Waals surface area contributed by atoms with Crippen molar-refractivity contribution >= 4 is 5.69 Å². The number of imidazole rings is 1. The van der Waals surface area contributed by atoms with Crippen LogP contribution in [0.1, 0.15) is 12.8 Å². The molecule has 0 saturated carbocycles. The number of hydrogen-bond donors (Lipinski definition) is 1. The van der Waals surface area contributed by atoms with Crippen LogP contribution in [0, 0.1) is 0 Å². The van der Waals surface area contributed by atoms with Gasteiger partial charge in [0.2, 0.25) is 0 Å². The van der Waals surface area contributed by atoms with Crippen LogP contribution in [0.3, 0.4) is 0 Å². The Morgan fingerprint density at radius 3 is 3.00 bits per heavy atom. The zero-order chi connectivity index (χ0) is 13.1. The van der Waals surface area contributed by atoms with E-state index in [1.807, 2.05) is 18.7 Å². The lowest BCUT2D eigenvalue weighted by Crippen LogP contribution is -2.39. The van der Waals surface area contributed by atoms with Crippen molar-refractivity contribution in [3.63, 3.8) is 0 Å². The van der Waals surface area contributed by atoms with Crippen molar-refractivity contribution in [2.75, 3.05) is 25.5 Å². The van der Waals surface area contributed by atoms with Crippen LogP contribution in [0.2, 0.25) is 0 Å². The largest absolute Gasteiger partial charge is 0.379 e. The van der Waals surface area contributed by atoms with Crippen molar-refractivity contribution in [3.8, 4) is 5.69 Å². The maximum absolute atomic E-state index is 4.13. The molecule has 1 aliphatic heterocycles. The van der Waals surface area contributed by atoms with E-state index in [2.05, 4.69) is 51.1 Å². The van der Waals surface area contributed by atoms with Crippen molar-refractivity contribution in [1.29, 1.82) is 0 Å². The Hall–Kier alpha value is -1.81. The van der Waals surface area contributed by atoms with E-state index in [9.17, 15) is 0 Å². The topological polar surface area (TPSA) is 33.1 Å². The molecule has 2 aromatic rings. The van der Waals surface area contributed by atoms with Crippen LogP contribution in [0.5, 0.6) is 0 Å². The molecule has 4 heteroatoms. The fourth-order valence-corrected chi connectivity index (χ4v) is 2.73. The highest BCUT2D eigenvalue weighted by Gasteiger charge is 2.17. The van der Waals surface area contributed by atoms with Crippen molar-refractivity contribution in [2.45, 2.75) is 18.9 Å². The molecule has 0 radical (unpaired) electrons. The van der Waals surface area contributed by atoms with Crippen LogP contribution in [0.4, 0.5) is 5.69 Å². The predicted octanol–water partition coefficient (Wildman–Crippen LogP) is 2.38. The minimum Gasteiger partial charge on any atom is -0.379 e. The number of nitrogens with one attached hydrogen (secondary N) is 1. The molecule has 1 aromatic heterocycles. The minimum atomic E-state index is 0.531. The second kappa shape index (κ2) is 5.45. The maximum Gasteiger partial charge on any atom is 0.0992 e. The Bertz CT molecular complexity index is 521. The van der Waals surface area contributed by atoms with Gasteiger partial charge in [0.1, 0.15) is 0 Å². The van der Waals surface area contributed by atoms with Gasteiger partial charge in [-0.2, -0.15) is 0 Å². The Labute approximate surface area is 114 Å². The number of piperidine rings is 1. The van der Waals surface area contributed by atoms with Crippen LogP contribution in [-0.4, -0.2) is 40.6 Å². The van der Waals surface area contributed by atoms with Gasteiger partial charge in [-0.3, -0.25) is 0 Å². The standard InChI is InChI=1S/C15H20N4/c1-18-9-4-5-13(11-18)17-14-6-2-3-7-15(14)19-10-8-16-12-19/h2-3,6-8,10,12-13,17H,4-5,9,11H2,1H3. The molecule has 0 bridgehead atoms. The van der Waals surface area contributed by atoms with Crippen LogP contribution >= 0.6 is 0 Å². The SMILES string of the molecule is CN1CCCC(Nc2ccccc2-n2ccnc2)C1. The van der Waals surface area contributed by atoms with E-state index in [0.717, 1.165) is 12.2 Å². The van der Waals surface area contributed by atoms with E-state index in [-0.39, 0.29) is 0 Å². The molecule has 1 aliphatic rings. The van der Waals surface area contributed by atoms with Crippen LogP contribution in [0.25, 0.3) is 5.69 Å². The van der Waals surface area contributed by atoms with Gasteiger partial charge in [0.15, 0.2) is 0 Å². The molecule has 100 valence electrons. The Kier molecular flexibility index (Phi) is 3.51. The molecule has 4 nitrogen and oxygen atoms in total. The molecule has 0 amide bonds. The Balaban J connectivity index is 1.81. The smallest absolute Gasteiger partial charge is 0.0992 e. The lowest BCUT2D eigenvalue weighted by atomic mass is 10.1. The predicted molar refractivity (Wildman–Crippen MR) is 77.7 cm³/mol. The number of likely N-dealkylation sites (tertiary alicyclic amines) is 1. The van der Waals surface area contributed by atoms with E-state index in [1.54, 1.807) is 0 Å². The van der Waals surface area contributed by atoms with Gasteiger partial charge in [0.25, 0.3) is 0 Å². The van der Waals surface area contributed by atoms with Crippen molar-refractivity contribution in [2.24, 2.45) is 0 Å². The quantitative estimate of drug-likeness (QED) is 0.915. The van der Waals surface area contributed by atoms with Crippen LogP contribution in [0.15, 0.2) is 43.0 Å². The summed E-state index contributed by atoms with van der Waals surface area (Å²) in [7, 11) is 2.19. The first-order valence-electron chi connectivity index (χ1n) is 6.85. The molecule has 0 spiro atoms. The van der Waals surface area contributed by atoms with Crippen molar-refractivity contribution in [1.82, 2.24) is 14.5 Å². The van der Waals surface area contributed by atoms with Crippen LogP contribution in [-0.2, 0) is 0 Å². The number of anilines is 1. The Morgan fingerprint density at radius 2 is 2.21 bits per heavy atom. The third kappa shape index (κ3) is 2.79. The fourth-order valence-electron chi connectivity index (χ4n) is 2.73. The van der Waals surface area contributed by atoms with E-state index in [4.69, 9.17) is 0 Å². The number of aromatic nitrogens is 2. The summed E-state index contributed by atoms with van der Waals surface area (Å²) < 4.78 is 2.05. The number of benzene rings is 1. The number of rotatable bonds is 3. The normalized spacial score (nSPS) is 20.4. The maximum atomic E-state index is 4.13. The number of likely N-dealkylation sites (N-methyl/N-ethyl adjacent to an activating group) is 1. The van der Waals surface area contributed by atoms with Gasteiger partial charge in [0.05, 0.1) is 17.7 Å². The highest BCUT2D eigenvalue weighted by atomic mass is 15.1. The molecule has 1 atom stereocenters. The Morgan fingerprint density at radius 1 is 1.32 bits per heavy atom. The summed E-state index contributed by atoms with van der Waals surface area (Å²) in [4.78, 5) is 6.52. The number of para-hydroxylation sites is 2. The molecule has 19 heavy (non-hydrogen) atoms. The third-order valence-electron chi connectivity index (χ3n) is 3.67. The molecule has 3 rings (SSSR count). The monoisotopic (exact) mass is 256 g/mol. The van der Waals surface area contributed by atoms with Gasteiger partial charge in [-0.05, 0) is 38.6 Å². The van der Waals surface area contributed by atoms with Gasteiger partial charge >= 0.3 is 0 Å². The van der Waals surface area contributed by atoms with Crippen molar-refractivity contribution < 1.29 is 0 Å². The zero-order valence-corrected chi connectivity index (χ0v) is 11.3. The van der Waals surface area contributed by atoms with Gasteiger partial charge < -0.3 is 14.8 Å². The van der Waals surface area contributed by atoms with E-state index < -0.39 is 0 Å².